The molecule has 1 aromatic heterocycles. The summed E-state index contributed by atoms with van der Waals surface area (Å²) in [5.41, 5.74) is 0. The third kappa shape index (κ3) is 6.21. The number of carbonyl (C=O) groups excluding carboxylic acids is 1. The van der Waals surface area contributed by atoms with Crippen LogP contribution in [-0.4, -0.2) is 34.3 Å². The molecule has 0 aliphatic heterocycles. The quantitative estimate of drug-likeness (QED) is 0.871. The number of ether oxygens (including phenoxy) is 1. The fourth-order valence-electron chi connectivity index (χ4n) is 2.80. The van der Waals surface area contributed by atoms with Crippen molar-refractivity contribution in [1.29, 1.82) is 0 Å². The molecule has 2 atom stereocenters. The molecule has 0 bridgehead atoms. The van der Waals surface area contributed by atoms with E-state index in [-0.39, 0.29) is 31.0 Å². The third-order valence-electron chi connectivity index (χ3n) is 3.93. The second kappa shape index (κ2) is 7.81. The van der Waals surface area contributed by atoms with Crippen molar-refractivity contribution in [2.45, 2.75) is 58.0 Å². The van der Waals surface area contributed by atoms with Crippen LogP contribution in [0.4, 0.5) is 13.2 Å². The summed E-state index contributed by atoms with van der Waals surface area (Å²) < 4.78 is 43.8. The van der Waals surface area contributed by atoms with Crippen molar-refractivity contribution < 1.29 is 22.7 Å². The normalized spacial score (nSPS) is 22.1. The Balaban J connectivity index is 1.73. The van der Waals surface area contributed by atoms with E-state index in [0.717, 1.165) is 23.8 Å². The molecule has 0 unspecified atom stereocenters. The Hall–Kier alpha value is -1.57. The summed E-state index contributed by atoms with van der Waals surface area (Å²) in [6, 6.07) is 0. The number of nitrogens with zero attached hydrogens (tertiary/aromatic N) is 2. The van der Waals surface area contributed by atoms with Gasteiger partial charge in [0, 0.05) is 12.4 Å². The number of amides is 1. The average Bonchev–Trinajstić information content (AvgIpc) is 2.88. The van der Waals surface area contributed by atoms with E-state index in [0.29, 0.717) is 5.92 Å². The van der Waals surface area contributed by atoms with Crippen LogP contribution in [0.15, 0.2) is 12.4 Å². The number of rotatable bonds is 6. The lowest BCUT2D eigenvalue weighted by atomic mass is 9.89. The van der Waals surface area contributed by atoms with Gasteiger partial charge >= 0.3 is 6.18 Å². The standard InChI is InChI=1S/C15H22F3N3O2/c1-11-3-2-4-12(7-11)23-9-14(22)20-8-13-19-5-6-21(13)10-15(16,17)18/h5-6,11-12H,2-4,7-10H2,1H3,(H,20,22)/t11-,12+/m1/s1. The first kappa shape index (κ1) is 17.8. The highest BCUT2D eigenvalue weighted by atomic mass is 19.4. The highest BCUT2D eigenvalue weighted by Crippen LogP contribution is 2.25. The van der Waals surface area contributed by atoms with Gasteiger partial charge in [-0.25, -0.2) is 4.98 Å². The van der Waals surface area contributed by atoms with Crippen LogP contribution >= 0.6 is 0 Å². The van der Waals surface area contributed by atoms with Crippen molar-refractivity contribution in [2.75, 3.05) is 6.61 Å². The molecule has 1 amide bonds. The van der Waals surface area contributed by atoms with E-state index in [1.54, 1.807) is 0 Å². The van der Waals surface area contributed by atoms with Crippen LogP contribution < -0.4 is 5.32 Å². The van der Waals surface area contributed by atoms with Gasteiger partial charge in [-0.2, -0.15) is 13.2 Å². The fourth-order valence-corrected chi connectivity index (χ4v) is 2.80. The zero-order valence-electron chi connectivity index (χ0n) is 13.1. The molecule has 130 valence electrons. The van der Waals surface area contributed by atoms with E-state index in [1.807, 2.05) is 0 Å². The molecule has 1 N–H and O–H groups in total. The van der Waals surface area contributed by atoms with E-state index in [1.165, 1.54) is 18.8 Å². The van der Waals surface area contributed by atoms with E-state index in [9.17, 15) is 18.0 Å². The maximum atomic E-state index is 12.4. The second-order valence-corrected chi connectivity index (χ2v) is 6.07. The predicted molar refractivity (Wildman–Crippen MR) is 77.5 cm³/mol. The molecule has 0 spiro atoms. The molecule has 0 saturated heterocycles. The molecule has 0 radical (unpaired) electrons. The van der Waals surface area contributed by atoms with Gasteiger partial charge in [0.2, 0.25) is 5.91 Å². The molecule has 1 aromatic rings. The number of halogens is 3. The smallest absolute Gasteiger partial charge is 0.368 e. The van der Waals surface area contributed by atoms with Gasteiger partial charge < -0.3 is 14.6 Å². The lowest BCUT2D eigenvalue weighted by Crippen LogP contribution is -2.32. The highest BCUT2D eigenvalue weighted by Gasteiger charge is 2.28. The minimum Gasteiger partial charge on any atom is -0.368 e. The highest BCUT2D eigenvalue weighted by molar-refractivity contribution is 5.77. The number of hydrogen-bond acceptors (Lipinski definition) is 3. The minimum atomic E-state index is -4.32. The Morgan fingerprint density at radius 2 is 2.26 bits per heavy atom. The van der Waals surface area contributed by atoms with Gasteiger partial charge in [-0.3, -0.25) is 4.79 Å². The molecule has 1 fully saturated rings. The largest absolute Gasteiger partial charge is 0.406 e. The zero-order valence-corrected chi connectivity index (χ0v) is 13.1. The number of hydrogen-bond donors (Lipinski definition) is 1. The van der Waals surface area contributed by atoms with Gasteiger partial charge in [0.25, 0.3) is 0 Å². The monoisotopic (exact) mass is 333 g/mol. The fraction of sp³-hybridized carbons (Fsp3) is 0.733. The van der Waals surface area contributed by atoms with E-state index < -0.39 is 12.7 Å². The third-order valence-corrected chi connectivity index (χ3v) is 3.93. The maximum Gasteiger partial charge on any atom is 0.406 e. The minimum absolute atomic E-state index is 0.0493. The lowest BCUT2D eigenvalue weighted by molar-refractivity contribution is -0.141. The first-order chi connectivity index (χ1) is 10.8. The number of imidazole rings is 1. The number of nitrogens with one attached hydrogen (secondary N) is 1. The van der Waals surface area contributed by atoms with Crippen LogP contribution in [0.1, 0.15) is 38.4 Å². The molecule has 2 rings (SSSR count). The Labute approximate surface area is 133 Å². The summed E-state index contributed by atoms with van der Waals surface area (Å²) in [4.78, 5) is 15.6. The van der Waals surface area contributed by atoms with Gasteiger partial charge in [0.15, 0.2) is 0 Å². The van der Waals surface area contributed by atoms with Gasteiger partial charge in [-0.1, -0.05) is 19.8 Å². The number of aromatic nitrogens is 2. The van der Waals surface area contributed by atoms with Gasteiger partial charge in [-0.15, -0.1) is 0 Å². The van der Waals surface area contributed by atoms with Crippen molar-refractivity contribution in [3.63, 3.8) is 0 Å². The molecule has 5 nitrogen and oxygen atoms in total. The summed E-state index contributed by atoms with van der Waals surface area (Å²) in [7, 11) is 0. The average molecular weight is 333 g/mol. The predicted octanol–water partition coefficient (Wildman–Crippen LogP) is 2.66. The molecule has 1 aliphatic carbocycles. The Kier molecular flexibility index (Phi) is 6.04. The summed E-state index contributed by atoms with van der Waals surface area (Å²) in [6.07, 6.45) is 2.49. The molecule has 0 aromatic carbocycles. The van der Waals surface area contributed by atoms with E-state index >= 15 is 0 Å². The Morgan fingerprint density at radius 3 is 2.96 bits per heavy atom. The summed E-state index contributed by atoms with van der Waals surface area (Å²) in [5, 5.41) is 2.55. The van der Waals surface area contributed by atoms with Crippen molar-refractivity contribution in [2.24, 2.45) is 5.92 Å². The van der Waals surface area contributed by atoms with E-state index in [2.05, 4.69) is 17.2 Å². The number of carbonyl (C=O) groups is 1. The van der Waals surface area contributed by atoms with Crippen LogP contribution in [-0.2, 0) is 22.6 Å². The molecule has 1 aliphatic rings. The molecule has 1 heterocycles. The van der Waals surface area contributed by atoms with Gasteiger partial charge in [0.05, 0.1) is 12.6 Å². The molecule has 1 saturated carbocycles. The lowest BCUT2D eigenvalue weighted by Gasteiger charge is -2.26. The molecule has 23 heavy (non-hydrogen) atoms. The van der Waals surface area contributed by atoms with Crippen LogP contribution in [0.5, 0.6) is 0 Å². The summed E-state index contributed by atoms with van der Waals surface area (Å²) in [6.45, 7) is 0.925. The number of alkyl halides is 3. The Morgan fingerprint density at radius 1 is 1.48 bits per heavy atom. The van der Waals surface area contributed by atoms with Crippen LogP contribution in [0, 0.1) is 5.92 Å². The molecular weight excluding hydrogens is 311 g/mol. The molecular formula is C15H22F3N3O2. The molecule has 8 heteroatoms. The van der Waals surface area contributed by atoms with Crippen LogP contribution in [0.3, 0.4) is 0 Å². The Bertz CT molecular complexity index is 516. The van der Waals surface area contributed by atoms with Crippen molar-refractivity contribution in [3.05, 3.63) is 18.2 Å². The maximum absolute atomic E-state index is 12.4. The zero-order chi connectivity index (χ0) is 16.9. The van der Waals surface area contributed by atoms with Crippen LogP contribution in [0.25, 0.3) is 0 Å². The first-order valence-corrected chi connectivity index (χ1v) is 7.78. The summed E-state index contributed by atoms with van der Waals surface area (Å²) in [5.74, 6) is 0.429. The van der Waals surface area contributed by atoms with Crippen molar-refractivity contribution in [3.8, 4) is 0 Å². The summed E-state index contributed by atoms with van der Waals surface area (Å²) >= 11 is 0. The van der Waals surface area contributed by atoms with Crippen molar-refractivity contribution in [1.82, 2.24) is 14.9 Å². The SMILES string of the molecule is C[C@@H]1CCC[C@H](OCC(=O)NCc2nccn2CC(F)(F)F)C1. The van der Waals surface area contributed by atoms with Gasteiger partial charge in [-0.05, 0) is 18.8 Å². The van der Waals surface area contributed by atoms with Crippen molar-refractivity contribution >= 4 is 5.91 Å². The van der Waals surface area contributed by atoms with Crippen LogP contribution in [0.2, 0.25) is 0 Å². The van der Waals surface area contributed by atoms with E-state index in [4.69, 9.17) is 4.74 Å². The van der Waals surface area contributed by atoms with Gasteiger partial charge in [0.1, 0.15) is 19.0 Å². The first-order valence-electron chi connectivity index (χ1n) is 7.78. The second-order valence-electron chi connectivity index (χ2n) is 6.07. The topological polar surface area (TPSA) is 56.1 Å².